The van der Waals surface area contributed by atoms with Crippen LogP contribution in [0.1, 0.15) is 0 Å². The monoisotopic (exact) mass is 212 g/mol. The largest absolute Gasteiger partial charge is 0.445 e. The van der Waals surface area contributed by atoms with Crippen molar-refractivity contribution in [3.8, 4) is 0 Å². The molecule has 3 amide bonds. The lowest BCUT2D eigenvalue weighted by Crippen LogP contribution is -2.54. The summed E-state index contributed by atoms with van der Waals surface area (Å²) in [5, 5.41) is 0. The third kappa shape index (κ3) is 2.55. The van der Waals surface area contributed by atoms with Crippen LogP contribution in [0.25, 0.3) is 0 Å². The van der Waals surface area contributed by atoms with Crippen molar-refractivity contribution in [3.05, 3.63) is 12.7 Å². The number of imide groups is 1. The van der Waals surface area contributed by atoms with E-state index in [0.717, 1.165) is 9.80 Å². The van der Waals surface area contributed by atoms with Gasteiger partial charge >= 0.3 is 6.09 Å². The van der Waals surface area contributed by atoms with Gasteiger partial charge < -0.3 is 4.74 Å². The van der Waals surface area contributed by atoms with Gasteiger partial charge in [-0.05, 0) is 0 Å². The number of carbonyl (C=O) groups is 3. The number of amides is 3. The van der Waals surface area contributed by atoms with Crippen LogP contribution in [0.5, 0.6) is 0 Å². The van der Waals surface area contributed by atoms with E-state index in [0.29, 0.717) is 0 Å². The lowest BCUT2D eigenvalue weighted by atomic mass is 10.3. The molecule has 0 aromatic heterocycles. The van der Waals surface area contributed by atoms with Crippen molar-refractivity contribution in [1.29, 1.82) is 0 Å². The molecular weight excluding hydrogens is 200 g/mol. The van der Waals surface area contributed by atoms with E-state index in [1.54, 1.807) is 0 Å². The lowest BCUT2D eigenvalue weighted by molar-refractivity contribution is -0.148. The number of carbonyl (C=O) groups excluding carboxylic acids is 3. The zero-order valence-corrected chi connectivity index (χ0v) is 8.43. The number of likely N-dealkylation sites (N-methyl/N-ethyl adjacent to an activating group) is 1. The first kappa shape index (κ1) is 11.2. The Hall–Kier alpha value is -1.85. The fraction of sp³-hybridized carbons (Fsp3) is 0.444. The van der Waals surface area contributed by atoms with E-state index in [4.69, 9.17) is 4.74 Å². The van der Waals surface area contributed by atoms with Crippen LogP contribution in [0.3, 0.4) is 0 Å². The topological polar surface area (TPSA) is 66.9 Å². The summed E-state index contributed by atoms with van der Waals surface area (Å²) in [6, 6.07) is 0. The Morgan fingerprint density at radius 1 is 1.47 bits per heavy atom. The van der Waals surface area contributed by atoms with Crippen LogP contribution in [0.2, 0.25) is 0 Å². The highest BCUT2D eigenvalue weighted by molar-refractivity contribution is 6.01. The molecule has 0 bridgehead atoms. The maximum Gasteiger partial charge on any atom is 0.411 e. The third-order valence-corrected chi connectivity index (χ3v) is 1.98. The second-order valence-electron chi connectivity index (χ2n) is 3.07. The molecule has 0 radical (unpaired) electrons. The summed E-state index contributed by atoms with van der Waals surface area (Å²) >= 11 is 0. The van der Waals surface area contributed by atoms with Gasteiger partial charge in [0, 0.05) is 7.05 Å². The quantitative estimate of drug-likeness (QED) is 0.462. The SMILES string of the molecule is C=CCOC(=O)N1CC(=O)N(C)C(=O)C1. The molecule has 1 saturated heterocycles. The van der Waals surface area contributed by atoms with Gasteiger partial charge in [-0.15, -0.1) is 0 Å². The Labute approximate surface area is 87.1 Å². The first-order valence-corrected chi connectivity index (χ1v) is 4.38. The van der Waals surface area contributed by atoms with Crippen LogP contribution >= 0.6 is 0 Å². The van der Waals surface area contributed by atoms with Crippen LogP contribution in [-0.4, -0.2) is 54.5 Å². The minimum absolute atomic E-state index is 0.0630. The van der Waals surface area contributed by atoms with Crippen molar-refractivity contribution < 1.29 is 19.1 Å². The Bertz CT molecular complexity index is 295. The molecule has 15 heavy (non-hydrogen) atoms. The summed E-state index contributed by atoms with van der Waals surface area (Å²) in [6.07, 6.45) is 0.738. The molecule has 0 N–H and O–H groups in total. The Morgan fingerprint density at radius 3 is 2.47 bits per heavy atom. The van der Waals surface area contributed by atoms with Gasteiger partial charge in [0.1, 0.15) is 19.7 Å². The maximum atomic E-state index is 11.3. The summed E-state index contributed by atoms with van der Waals surface area (Å²) in [7, 11) is 1.39. The zero-order valence-electron chi connectivity index (χ0n) is 8.43. The van der Waals surface area contributed by atoms with Gasteiger partial charge in [-0.25, -0.2) is 4.79 Å². The summed E-state index contributed by atoms with van der Waals surface area (Å²) < 4.78 is 4.71. The minimum Gasteiger partial charge on any atom is -0.445 e. The van der Waals surface area contributed by atoms with Crippen molar-refractivity contribution in [3.63, 3.8) is 0 Å². The van der Waals surface area contributed by atoms with Crippen LogP contribution < -0.4 is 0 Å². The second kappa shape index (κ2) is 4.59. The van der Waals surface area contributed by atoms with Gasteiger partial charge in [0.2, 0.25) is 11.8 Å². The molecule has 1 heterocycles. The summed E-state index contributed by atoms with van der Waals surface area (Å²) in [5.74, 6) is -0.830. The highest BCUT2D eigenvalue weighted by Gasteiger charge is 2.31. The molecule has 0 aromatic rings. The van der Waals surface area contributed by atoms with E-state index in [9.17, 15) is 14.4 Å². The fourth-order valence-electron chi connectivity index (χ4n) is 1.08. The molecule has 0 aliphatic carbocycles. The molecule has 0 saturated carbocycles. The first-order chi connectivity index (χ1) is 7.06. The van der Waals surface area contributed by atoms with Gasteiger partial charge in [0.25, 0.3) is 0 Å². The molecule has 1 aliphatic rings. The average molecular weight is 212 g/mol. The van der Waals surface area contributed by atoms with Crippen LogP contribution in [0.15, 0.2) is 12.7 Å². The van der Waals surface area contributed by atoms with E-state index in [-0.39, 0.29) is 19.7 Å². The molecule has 0 spiro atoms. The highest BCUT2D eigenvalue weighted by Crippen LogP contribution is 2.04. The van der Waals surface area contributed by atoms with E-state index in [2.05, 4.69) is 6.58 Å². The molecule has 1 fully saturated rings. The smallest absolute Gasteiger partial charge is 0.411 e. The molecule has 82 valence electrons. The highest BCUT2D eigenvalue weighted by atomic mass is 16.6. The second-order valence-corrected chi connectivity index (χ2v) is 3.07. The van der Waals surface area contributed by atoms with Crippen molar-refractivity contribution >= 4 is 17.9 Å². The van der Waals surface area contributed by atoms with Gasteiger partial charge in [-0.3, -0.25) is 19.4 Å². The predicted molar refractivity (Wildman–Crippen MR) is 50.9 cm³/mol. The van der Waals surface area contributed by atoms with Crippen molar-refractivity contribution in [2.24, 2.45) is 0 Å². The number of rotatable bonds is 2. The van der Waals surface area contributed by atoms with Gasteiger partial charge in [-0.1, -0.05) is 12.7 Å². The van der Waals surface area contributed by atoms with Gasteiger partial charge in [0.15, 0.2) is 0 Å². The predicted octanol–water partition coefficient (Wildman–Crippen LogP) is -0.390. The van der Waals surface area contributed by atoms with Crippen LogP contribution in [-0.2, 0) is 14.3 Å². The normalized spacial score (nSPS) is 16.6. The van der Waals surface area contributed by atoms with Crippen LogP contribution in [0.4, 0.5) is 4.79 Å². The van der Waals surface area contributed by atoms with Crippen molar-refractivity contribution in [1.82, 2.24) is 9.80 Å². The minimum atomic E-state index is -0.676. The van der Waals surface area contributed by atoms with E-state index in [1.165, 1.54) is 13.1 Å². The molecule has 1 rings (SSSR count). The fourth-order valence-corrected chi connectivity index (χ4v) is 1.08. The van der Waals surface area contributed by atoms with E-state index < -0.39 is 17.9 Å². The summed E-state index contributed by atoms with van der Waals surface area (Å²) in [6.45, 7) is 3.19. The first-order valence-electron chi connectivity index (χ1n) is 4.38. The van der Waals surface area contributed by atoms with Gasteiger partial charge in [-0.2, -0.15) is 0 Å². The molecule has 0 atom stereocenters. The molecule has 0 unspecified atom stereocenters. The van der Waals surface area contributed by atoms with Crippen molar-refractivity contribution in [2.45, 2.75) is 0 Å². The number of hydrogen-bond donors (Lipinski definition) is 0. The number of ether oxygens (including phenoxy) is 1. The van der Waals surface area contributed by atoms with Gasteiger partial charge in [0.05, 0.1) is 0 Å². The molecule has 1 aliphatic heterocycles. The standard InChI is InChI=1S/C9H12N2O4/c1-3-4-15-9(14)11-5-7(12)10(2)8(13)6-11/h3H,1,4-6H2,2H3. The third-order valence-electron chi connectivity index (χ3n) is 1.98. The van der Waals surface area contributed by atoms with Crippen LogP contribution in [0, 0.1) is 0 Å². The number of nitrogens with zero attached hydrogens (tertiary/aromatic N) is 2. The Morgan fingerprint density at radius 2 is 2.00 bits per heavy atom. The molecule has 6 heteroatoms. The Kier molecular flexibility index (Phi) is 3.43. The summed E-state index contributed by atoms with van der Waals surface area (Å²) in [5.41, 5.74) is 0. The lowest BCUT2D eigenvalue weighted by Gasteiger charge is -2.29. The van der Waals surface area contributed by atoms with E-state index >= 15 is 0 Å². The molecule has 0 aromatic carbocycles. The summed E-state index contributed by atoms with van der Waals surface area (Å²) in [4.78, 5) is 35.8. The van der Waals surface area contributed by atoms with E-state index in [1.807, 2.05) is 0 Å². The number of piperazine rings is 1. The molecular formula is C9H12N2O4. The number of hydrogen-bond acceptors (Lipinski definition) is 4. The molecule has 6 nitrogen and oxygen atoms in total. The van der Waals surface area contributed by atoms with Crippen molar-refractivity contribution in [2.75, 3.05) is 26.7 Å². The average Bonchev–Trinajstić information content (AvgIpc) is 2.21. The Balaban J connectivity index is 2.57. The maximum absolute atomic E-state index is 11.3. The zero-order chi connectivity index (χ0) is 11.4.